The van der Waals surface area contributed by atoms with Crippen molar-refractivity contribution in [2.45, 2.75) is 18.8 Å². The zero-order chi connectivity index (χ0) is 37.9. The van der Waals surface area contributed by atoms with E-state index in [1.54, 1.807) is 0 Å². The Kier molecular flexibility index (Phi) is 7.75. The second kappa shape index (κ2) is 13.3. The topological polar surface area (TPSA) is 35.0 Å². The van der Waals surface area contributed by atoms with Crippen LogP contribution in [0.1, 0.15) is 41.4 Å². The first-order valence-electron chi connectivity index (χ1n) is 19.8. The Morgan fingerprint density at radius 3 is 1.79 bits per heavy atom. The molecule has 2 aliphatic carbocycles. The Balaban J connectivity index is 1.02. The Morgan fingerprint density at radius 1 is 0.474 bits per heavy atom. The Hall–Kier alpha value is -7.10. The van der Waals surface area contributed by atoms with Crippen molar-refractivity contribution >= 4 is 5.57 Å². The van der Waals surface area contributed by atoms with Gasteiger partial charge in [-0.05, 0) is 86.7 Å². The molecular formula is C54H38N2O. The summed E-state index contributed by atoms with van der Waals surface area (Å²) in [6.07, 6.45) is 7.45. The minimum absolute atomic E-state index is 0.428. The SMILES string of the molecule is CC1C=CC=C(c2nc(-c3ccc(-c4ccccc4)cc3)cc(-c3cccc(-c4ccc5c(c4)Oc4ccccc4C54c5ccccc5-c5ccccc54)c3)n2)C1. The maximum atomic E-state index is 6.83. The second-order valence-electron chi connectivity index (χ2n) is 15.4. The van der Waals surface area contributed by atoms with E-state index in [2.05, 4.69) is 201 Å². The van der Waals surface area contributed by atoms with Crippen molar-refractivity contribution < 1.29 is 4.74 Å². The number of para-hydroxylation sites is 1. The summed E-state index contributed by atoms with van der Waals surface area (Å²) in [5, 5.41) is 0. The molecule has 7 aromatic carbocycles. The molecule has 0 bridgehead atoms. The van der Waals surface area contributed by atoms with Crippen LogP contribution in [0.5, 0.6) is 11.5 Å². The van der Waals surface area contributed by atoms with Crippen molar-refractivity contribution in [3.63, 3.8) is 0 Å². The number of allylic oxidation sites excluding steroid dienone is 4. The third kappa shape index (κ3) is 5.42. The number of fused-ring (bicyclic) bond motifs is 9. The van der Waals surface area contributed by atoms with Gasteiger partial charge in [-0.1, -0.05) is 177 Å². The minimum Gasteiger partial charge on any atom is -0.457 e. The Labute approximate surface area is 333 Å². The summed E-state index contributed by atoms with van der Waals surface area (Å²) in [5.74, 6) is 2.97. The van der Waals surface area contributed by atoms with Gasteiger partial charge in [0.2, 0.25) is 0 Å². The number of benzene rings is 7. The molecule has 1 spiro atoms. The van der Waals surface area contributed by atoms with Crippen molar-refractivity contribution in [1.82, 2.24) is 9.97 Å². The van der Waals surface area contributed by atoms with Crippen molar-refractivity contribution in [3.8, 4) is 67.4 Å². The molecule has 0 saturated heterocycles. The van der Waals surface area contributed by atoms with Crippen molar-refractivity contribution in [1.29, 1.82) is 0 Å². The van der Waals surface area contributed by atoms with Crippen molar-refractivity contribution in [2.24, 2.45) is 5.92 Å². The molecule has 1 atom stereocenters. The quantitative estimate of drug-likeness (QED) is 0.177. The van der Waals surface area contributed by atoms with Crippen molar-refractivity contribution in [2.75, 3.05) is 0 Å². The highest BCUT2D eigenvalue weighted by Gasteiger charge is 2.50. The fourth-order valence-electron chi connectivity index (χ4n) is 9.26. The van der Waals surface area contributed by atoms with Gasteiger partial charge >= 0.3 is 0 Å². The third-order valence-electron chi connectivity index (χ3n) is 11.9. The van der Waals surface area contributed by atoms with Crippen LogP contribution in [0.4, 0.5) is 0 Å². The van der Waals surface area contributed by atoms with Crippen LogP contribution in [0.2, 0.25) is 0 Å². The van der Waals surface area contributed by atoms with E-state index in [0.717, 1.165) is 68.5 Å². The molecule has 1 unspecified atom stereocenters. The molecule has 0 fully saturated rings. The van der Waals surface area contributed by atoms with Gasteiger partial charge in [-0.3, -0.25) is 0 Å². The molecule has 0 saturated carbocycles. The first-order chi connectivity index (χ1) is 28.1. The van der Waals surface area contributed by atoms with E-state index in [9.17, 15) is 0 Å². The normalized spacial score (nSPS) is 15.5. The number of hydrogen-bond acceptors (Lipinski definition) is 3. The number of hydrogen-bond donors (Lipinski definition) is 0. The molecule has 270 valence electrons. The van der Waals surface area contributed by atoms with Crippen LogP contribution in [0.3, 0.4) is 0 Å². The van der Waals surface area contributed by atoms with Crippen LogP contribution >= 0.6 is 0 Å². The smallest absolute Gasteiger partial charge is 0.156 e. The number of ether oxygens (including phenoxy) is 1. The maximum absolute atomic E-state index is 6.83. The summed E-state index contributed by atoms with van der Waals surface area (Å²) in [6, 6.07) is 63.1. The van der Waals surface area contributed by atoms with Gasteiger partial charge in [0.05, 0.1) is 16.8 Å². The molecule has 11 rings (SSSR count). The monoisotopic (exact) mass is 730 g/mol. The molecule has 3 aliphatic rings. The number of rotatable bonds is 5. The van der Waals surface area contributed by atoms with E-state index in [-0.39, 0.29) is 0 Å². The summed E-state index contributed by atoms with van der Waals surface area (Å²) in [5.41, 5.74) is 16.6. The van der Waals surface area contributed by atoms with Gasteiger partial charge in [-0.2, -0.15) is 0 Å². The molecule has 1 aliphatic heterocycles. The number of aromatic nitrogens is 2. The van der Waals surface area contributed by atoms with E-state index in [0.29, 0.717) is 5.92 Å². The van der Waals surface area contributed by atoms with E-state index in [1.807, 2.05) is 0 Å². The van der Waals surface area contributed by atoms with Crippen LogP contribution in [0.25, 0.3) is 61.5 Å². The van der Waals surface area contributed by atoms with Gasteiger partial charge in [0.25, 0.3) is 0 Å². The molecule has 2 heterocycles. The van der Waals surface area contributed by atoms with Crippen LogP contribution in [0.15, 0.2) is 194 Å². The van der Waals surface area contributed by atoms with Gasteiger partial charge in [-0.25, -0.2) is 9.97 Å². The van der Waals surface area contributed by atoms with Gasteiger partial charge < -0.3 is 4.74 Å². The average Bonchev–Trinajstić information content (AvgIpc) is 3.57. The van der Waals surface area contributed by atoms with E-state index in [1.165, 1.54) is 38.9 Å². The van der Waals surface area contributed by atoms with E-state index < -0.39 is 5.41 Å². The zero-order valence-electron chi connectivity index (χ0n) is 31.6. The summed E-state index contributed by atoms with van der Waals surface area (Å²) in [6.45, 7) is 2.24. The fraction of sp³-hybridized carbons (Fsp3) is 0.0741. The highest BCUT2D eigenvalue weighted by atomic mass is 16.5. The predicted molar refractivity (Wildman–Crippen MR) is 232 cm³/mol. The molecule has 0 amide bonds. The average molecular weight is 731 g/mol. The van der Waals surface area contributed by atoms with E-state index in [4.69, 9.17) is 14.7 Å². The van der Waals surface area contributed by atoms with E-state index >= 15 is 0 Å². The lowest BCUT2D eigenvalue weighted by Crippen LogP contribution is -2.32. The summed E-state index contributed by atoms with van der Waals surface area (Å²) < 4.78 is 6.83. The summed E-state index contributed by atoms with van der Waals surface area (Å²) in [7, 11) is 0. The number of nitrogens with zero attached hydrogens (tertiary/aromatic N) is 2. The Morgan fingerprint density at radius 2 is 1.04 bits per heavy atom. The standard InChI is InChI=1S/C54H38N2O/c1-35-13-11-18-42(31-35)53-55-49(38-27-25-37(26-28-38)36-14-3-2-4-15-36)34-50(56-53)41-17-12-16-39(32-41)40-29-30-48-52(33-40)57-51-24-10-9-23-47(51)54(48)45-21-7-5-19-43(45)44-20-6-8-22-46(44)54/h2-30,32-35H,31H2,1H3. The molecule has 0 N–H and O–H groups in total. The first-order valence-corrected chi connectivity index (χ1v) is 19.8. The molecule has 0 radical (unpaired) electrons. The van der Waals surface area contributed by atoms with Crippen LogP contribution in [-0.2, 0) is 5.41 Å². The van der Waals surface area contributed by atoms with Crippen LogP contribution < -0.4 is 4.74 Å². The minimum atomic E-state index is -0.481. The summed E-state index contributed by atoms with van der Waals surface area (Å²) in [4.78, 5) is 10.4. The Bertz CT molecular complexity index is 2880. The van der Waals surface area contributed by atoms with Gasteiger partial charge in [0, 0.05) is 22.3 Å². The summed E-state index contributed by atoms with van der Waals surface area (Å²) >= 11 is 0. The first kappa shape index (κ1) is 33.3. The molecule has 3 nitrogen and oxygen atoms in total. The lowest BCUT2D eigenvalue weighted by molar-refractivity contribution is 0.436. The highest BCUT2D eigenvalue weighted by molar-refractivity contribution is 5.89. The molecule has 3 heteroatoms. The molecule has 1 aromatic heterocycles. The van der Waals surface area contributed by atoms with Gasteiger partial charge in [0.1, 0.15) is 11.5 Å². The molecular weight excluding hydrogens is 693 g/mol. The lowest BCUT2D eigenvalue weighted by Gasteiger charge is -2.39. The van der Waals surface area contributed by atoms with Gasteiger partial charge in [0.15, 0.2) is 5.82 Å². The predicted octanol–water partition coefficient (Wildman–Crippen LogP) is 13.6. The molecule has 57 heavy (non-hydrogen) atoms. The van der Waals surface area contributed by atoms with Crippen molar-refractivity contribution in [3.05, 3.63) is 222 Å². The molecule has 8 aromatic rings. The van der Waals surface area contributed by atoms with Gasteiger partial charge in [-0.15, -0.1) is 0 Å². The highest BCUT2D eigenvalue weighted by Crippen LogP contribution is 2.62. The van der Waals surface area contributed by atoms with Crippen LogP contribution in [-0.4, -0.2) is 9.97 Å². The fourth-order valence-corrected chi connectivity index (χ4v) is 9.26. The lowest BCUT2D eigenvalue weighted by atomic mass is 9.66. The largest absolute Gasteiger partial charge is 0.457 e. The zero-order valence-corrected chi connectivity index (χ0v) is 31.6. The third-order valence-corrected chi connectivity index (χ3v) is 11.9. The second-order valence-corrected chi connectivity index (χ2v) is 15.4. The van der Waals surface area contributed by atoms with Crippen LogP contribution in [0, 0.1) is 5.92 Å². The maximum Gasteiger partial charge on any atom is 0.156 e.